The van der Waals surface area contributed by atoms with Crippen molar-refractivity contribution in [2.24, 2.45) is 0 Å². The topological polar surface area (TPSA) is 9.23 Å². The molecule has 0 heterocycles. The van der Waals surface area contributed by atoms with Gasteiger partial charge < -0.3 is 4.65 Å². The Hall–Kier alpha value is -0.625. The number of aryl methyl sites for hydroxylation is 1. The zero-order valence-electron chi connectivity index (χ0n) is 6.41. The van der Waals surface area contributed by atoms with Gasteiger partial charge in [-0.2, -0.15) is 0 Å². The molecule has 1 nitrogen and oxygen atoms in total. The van der Waals surface area contributed by atoms with Crippen LogP contribution in [0.1, 0.15) is 12.5 Å². The van der Waals surface area contributed by atoms with Crippen LogP contribution in [0.25, 0.3) is 0 Å². The predicted octanol–water partition coefficient (Wildman–Crippen LogP) is 2.13. The van der Waals surface area contributed by atoms with Crippen LogP contribution >= 0.6 is 12.4 Å². The Kier molecular flexibility index (Phi) is 4.79. The van der Waals surface area contributed by atoms with Gasteiger partial charge in [0.1, 0.15) is 5.75 Å². The molecular weight excluding hydrogens is 158 g/mol. The number of benzene rings is 1. The molecule has 1 aromatic carbocycles. The number of halogens is 1. The molecule has 0 aliphatic rings. The van der Waals surface area contributed by atoms with Gasteiger partial charge in [0.25, 0.3) is 0 Å². The second-order valence-corrected chi connectivity index (χ2v) is 2.08. The minimum atomic E-state index is 0. The number of hydrogen-bond acceptors (Lipinski definition) is 1. The standard InChI is InChI=1S/C8H9BO.ClH/c1-2-7-5-3-4-6-8(7)10-9;/h3-6H,2H2,1H3;1H. The first-order valence-electron chi connectivity index (χ1n) is 3.33. The summed E-state index contributed by atoms with van der Waals surface area (Å²) in [6.07, 6.45) is 0.952. The van der Waals surface area contributed by atoms with Gasteiger partial charge in [-0.05, 0) is 18.1 Å². The van der Waals surface area contributed by atoms with Crippen LogP contribution < -0.4 is 4.65 Å². The quantitative estimate of drug-likeness (QED) is 0.615. The summed E-state index contributed by atoms with van der Waals surface area (Å²) >= 11 is 0. The molecule has 1 rings (SSSR count). The maximum absolute atomic E-state index is 5.03. The highest BCUT2D eigenvalue weighted by molar-refractivity contribution is 6.00. The van der Waals surface area contributed by atoms with Gasteiger partial charge in [-0.3, -0.25) is 0 Å². The molecule has 0 aliphatic carbocycles. The minimum absolute atomic E-state index is 0. The van der Waals surface area contributed by atoms with Crippen molar-refractivity contribution < 1.29 is 4.65 Å². The third-order valence-corrected chi connectivity index (χ3v) is 1.48. The largest absolute Gasteiger partial charge is 0.568 e. The van der Waals surface area contributed by atoms with Crippen molar-refractivity contribution in [3.63, 3.8) is 0 Å². The molecule has 0 aliphatic heterocycles. The van der Waals surface area contributed by atoms with Gasteiger partial charge in [0.2, 0.25) is 0 Å². The molecule has 0 atom stereocenters. The molecule has 0 aromatic heterocycles. The summed E-state index contributed by atoms with van der Waals surface area (Å²) < 4.78 is 4.64. The van der Waals surface area contributed by atoms with Crippen molar-refractivity contribution >= 4 is 20.5 Å². The van der Waals surface area contributed by atoms with Crippen molar-refractivity contribution in [3.05, 3.63) is 29.8 Å². The number of hydrogen-bond donors (Lipinski definition) is 0. The van der Waals surface area contributed by atoms with E-state index < -0.39 is 0 Å². The molecule has 3 heteroatoms. The molecule has 0 saturated carbocycles. The van der Waals surface area contributed by atoms with Crippen LogP contribution in [0.3, 0.4) is 0 Å². The van der Waals surface area contributed by atoms with Crippen LogP contribution in [-0.4, -0.2) is 8.05 Å². The fourth-order valence-electron chi connectivity index (χ4n) is 0.911. The van der Waals surface area contributed by atoms with Crippen LogP contribution in [0.5, 0.6) is 5.75 Å². The molecule has 0 amide bonds. The zero-order valence-corrected chi connectivity index (χ0v) is 7.23. The van der Waals surface area contributed by atoms with E-state index in [9.17, 15) is 0 Å². The maximum atomic E-state index is 5.03. The molecule has 0 fully saturated rings. The monoisotopic (exact) mass is 168 g/mol. The van der Waals surface area contributed by atoms with E-state index in [1.807, 2.05) is 24.3 Å². The van der Waals surface area contributed by atoms with Crippen LogP contribution in [-0.2, 0) is 6.42 Å². The summed E-state index contributed by atoms with van der Waals surface area (Å²) in [5.41, 5.74) is 1.14. The number of para-hydroxylation sites is 1. The van der Waals surface area contributed by atoms with E-state index in [1.54, 1.807) is 0 Å². The van der Waals surface area contributed by atoms with Crippen molar-refractivity contribution in [1.29, 1.82) is 0 Å². The molecule has 2 radical (unpaired) electrons. The third-order valence-electron chi connectivity index (χ3n) is 1.48. The van der Waals surface area contributed by atoms with E-state index in [4.69, 9.17) is 8.05 Å². The fraction of sp³-hybridized carbons (Fsp3) is 0.250. The van der Waals surface area contributed by atoms with Gasteiger partial charge in [-0.15, -0.1) is 12.4 Å². The van der Waals surface area contributed by atoms with Crippen molar-refractivity contribution in [2.45, 2.75) is 13.3 Å². The molecule has 0 spiro atoms. The van der Waals surface area contributed by atoms with Crippen molar-refractivity contribution in [1.82, 2.24) is 0 Å². The average Bonchev–Trinajstić information content (AvgIpc) is 2.04. The van der Waals surface area contributed by atoms with Gasteiger partial charge in [0.15, 0.2) is 0 Å². The second kappa shape index (κ2) is 5.08. The second-order valence-electron chi connectivity index (χ2n) is 2.08. The van der Waals surface area contributed by atoms with Gasteiger partial charge in [-0.1, -0.05) is 25.1 Å². The van der Waals surface area contributed by atoms with E-state index in [2.05, 4.69) is 11.6 Å². The maximum Gasteiger partial charge on any atom is 0.374 e. The molecule has 11 heavy (non-hydrogen) atoms. The highest BCUT2D eigenvalue weighted by Gasteiger charge is 1.95. The highest BCUT2D eigenvalue weighted by Crippen LogP contribution is 2.16. The lowest BCUT2D eigenvalue weighted by atomic mass is 10.1. The van der Waals surface area contributed by atoms with Crippen LogP contribution in [0.2, 0.25) is 0 Å². The van der Waals surface area contributed by atoms with Gasteiger partial charge in [0, 0.05) is 0 Å². The summed E-state index contributed by atoms with van der Waals surface area (Å²) in [6, 6.07) is 7.74. The SMILES string of the molecule is Cl.[B]Oc1ccccc1CC. The van der Waals surface area contributed by atoms with Crippen LogP contribution in [0, 0.1) is 0 Å². The van der Waals surface area contributed by atoms with Gasteiger partial charge >= 0.3 is 8.05 Å². The van der Waals surface area contributed by atoms with Gasteiger partial charge in [0.05, 0.1) is 0 Å². The third kappa shape index (κ3) is 2.47. The first-order chi connectivity index (χ1) is 4.88. The van der Waals surface area contributed by atoms with Crippen molar-refractivity contribution in [3.8, 4) is 5.75 Å². The van der Waals surface area contributed by atoms with Crippen LogP contribution in [0.15, 0.2) is 24.3 Å². The molecule has 0 bridgehead atoms. The first-order valence-corrected chi connectivity index (χ1v) is 3.33. The molecule has 1 aromatic rings. The van der Waals surface area contributed by atoms with E-state index in [1.165, 1.54) is 0 Å². The predicted molar refractivity (Wildman–Crippen MR) is 49.5 cm³/mol. The molecule has 0 saturated heterocycles. The Bertz CT molecular complexity index is 192. The van der Waals surface area contributed by atoms with Crippen molar-refractivity contribution in [2.75, 3.05) is 0 Å². The molecule has 0 unspecified atom stereocenters. The lowest BCUT2D eigenvalue weighted by Crippen LogP contribution is -1.90. The van der Waals surface area contributed by atoms with E-state index in [0.29, 0.717) is 0 Å². The lowest BCUT2D eigenvalue weighted by Gasteiger charge is -2.04. The Morgan fingerprint density at radius 2 is 2.00 bits per heavy atom. The highest BCUT2D eigenvalue weighted by atomic mass is 35.5. The van der Waals surface area contributed by atoms with E-state index in [0.717, 1.165) is 17.7 Å². The summed E-state index contributed by atoms with van der Waals surface area (Å²) in [4.78, 5) is 0. The Morgan fingerprint density at radius 1 is 1.36 bits per heavy atom. The summed E-state index contributed by atoms with van der Waals surface area (Å²) in [7, 11) is 5.03. The minimum Gasteiger partial charge on any atom is -0.568 e. The van der Waals surface area contributed by atoms with E-state index >= 15 is 0 Å². The van der Waals surface area contributed by atoms with Gasteiger partial charge in [-0.25, -0.2) is 0 Å². The number of rotatable bonds is 2. The fourth-order valence-corrected chi connectivity index (χ4v) is 0.911. The normalized spacial score (nSPS) is 8.45. The smallest absolute Gasteiger partial charge is 0.374 e. The Labute approximate surface area is 74.6 Å². The van der Waals surface area contributed by atoms with E-state index in [-0.39, 0.29) is 12.4 Å². The average molecular weight is 168 g/mol. The summed E-state index contributed by atoms with van der Waals surface area (Å²) in [5, 5.41) is 0. The van der Waals surface area contributed by atoms with Crippen LogP contribution in [0.4, 0.5) is 0 Å². The first kappa shape index (κ1) is 10.4. The Balaban J connectivity index is 0.000001000. The Morgan fingerprint density at radius 3 is 2.45 bits per heavy atom. The molecular formula is C8H10BClO. The summed E-state index contributed by atoms with van der Waals surface area (Å²) in [6.45, 7) is 2.07. The molecule has 58 valence electrons. The molecule has 0 N–H and O–H groups in total. The zero-order chi connectivity index (χ0) is 7.40. The summed E-state index contributed by atoms with van der Waals surface area (Å²) in [5.74, 6) is 0.769. The lowest BCUT2D eigenvalue weighted by molar-refractivity contribution is 0.606.